The molecule has 1 aromatic carbocycles. The Labute approximate surface area is 147 Å². The molecule has 7 heteroatoms. The van der Waals surface area contributed by atoms with Crippen molar-refractivity contribution in [3.63, 3.8) is 0 Å². The molecule has 0 saturated carbocycles. The fourth-order valence-electron chi connectivity index (χ4n) is 3.18. The van der Waals surface area contributed by atoms with Gasteiger partial charge in [-0.25, -0.2) is 8.78 Å². The lowest BCUT2D eigenvalue weighted by molar-refractivity contribution is -0.120. The second-order valence-electron chi connectivity index (χ2n) is 7.05. The molecule has 0 radical (unpaired) electrons. The van der Waals surface area contributed by atoms with Gasteiger partial charge < -0.3 is 21.1 Å². The molecule has 1 amide bonds. The van der Waals surface area contributed by atoms with Gasteiger partial charge in [0.25, 0.3) is 0 Å². The quantitative estimate of drug-likeness (QED) is 0.591. The van der Waals surface area contributed by atoms with Gasteiger partial charge in [0, 0.05) is 25.1 Å². The fraction of sp³-hybridized carbons (Fsp3) is 0.611. The average Bonchev–Trinajstić information content (AvgIpc) is 2.51. The first-order valence-electron chi connectivity index (χ1n) is 8.63. The Morgan fingerprint density at radius 2 is 1.88 bits per heavy atom. The van der Waals surface area contributed by atoms with Crippen molar-refractivity contribution in [2.75, 3.05) is 19.6 Å². The van der Waals surface area contributed by atoms with Gasteiger partial charge in [0.2, 0.25) is 5.91 Å². The summed E-state index contributed by atoms with van der Waals surface area (Å²) in [7, 11) is 0. The van der Waals surface area contributed by atoms with E-state index in [0.717, 1.165) is 32.0 Å². The van der Waals surface area contributed by atoms with Crippen LogP contribution in [0.5, 0.6) is 0 Å². The number of carbonyl (C=O) groups is 1. The largest absolute Gasteiger partial charge is 0.390 e. The summed E-state index contributed by atoms with van der Waals surface area (Å²) in [5, 5.41) is 19.9. The highest BCUT2D eigenvalue weighted by atomic mass is 19.1. The number of benzene rings is 1. The first-order chi connectivity index (χ1) is 11.8. The zero-order valence-corrected chi connectivity index (χ0v) is 14.7. The van der Waals surface area contributed by atoms with Gasteiger partial charge in [0.05, 0.1) is 12.1 Å². The van der Waals surface area contributed by atoms with Gasteiger partial charge in [-0.15, -0.1) is 0 Å². The number of aliphatic hydroxyl groups excluding tert-OH is 1. The maximum Gasteiger partial charge on any atom is 0.217 e. The van der Waals surface area contributed by atoms with Crippen LogP contribution in [0.2, 0.25) is 0 Å². The van der Waals surface area contributed by atoms with Gasteiger partial charge in [-0.1, -0.05) is 0 Å². The van der Waals surface area contributed by atoms with Crippen LogP contribution in [-0.4, -0.2) is 48.3 Å². The summed E-state index contributed by atoms with van der Waals surface area (Å²) < 4.78 is 26.8. The number of piperidine rings is 1. The zero-order valence-electron chi connectivity index (χ0n) is 14.7. The summed E-state index contributed by atoms with van der Waals surface area (Å²) in [6.45, 7) is 5.58. The summed E-state index contributed by atoms with van der Waals surface area (Å²) in [5.74, 6) is -1.65. The Kier molecular flexibility index (Phi) is 6.87. The lowest BCUT2D eigenvalue weighted by Gasteiger charge is -2.37. The van der Waals surface area contributed by atoms with Gasteiger partial charge in [0.1, 0.15) is 11.6 Å². The van der Waals surface area contributed by atoms with E-state index in [1.54, 1.807) is 0 Å². The normalized spacial score (nSPS) is 19.2. The molecular weight excluding hydrogens is 328 g/mol. The van der Waals surface area contributed by atoms with E-state index in [1.807, 2.05) is 0 Å². The minimum Gasteiger partial charge on any atom is -0.390 e. The van der Waals surface area contributed by atoms with Crippen LogP contribution in [0, 0.1) is 11.6 Å². The zero-order chi connectivity index (χ0) is 18.4. The number of halogens is 2. The molecular formula is C18H27F2N3O2. The van der Waals surface area contributed by atoms with Crippen LogP contribution in [-0.2, 0) is 11.2 Å². The van der Waals surface area contributed by atoms with Gasteiger partial charge in [0.15, 0.2) is 0 Å². The van der Waals surface area contributed by atoms with Crippen molar-refractivity contribution >= 4 is 5.91 Å². The van der Waals surface area contributed by atoms with Crippen molar-refractivity contribution in [1.82, 2.24) is 16.0 Å². The van der Waals surface area contributed by atoms with Crippen molar-refractivity contribution in [2.45, 2.75) is 50.8 Å². The summed E-state index contributed by atoms with van der Waals surface area (Å²) in [5.41, 5.74) is 0.321. The van der Waals surface area contributed by atoms with E-state index in [9.17, 15) is 18.7 Å². The molecule has 5 nitrogen and oxygen atoms in total. The minimum atomic E-state index is -0.873. The topological polar surface area (TPSA) is 73.4 Å². The number of amides is 1. The third-order valence-corrected chi connectivity index (χ3v) is 4.68. The molecule has 0 aliphatic carbocycles. The molecule has 1 aliphatic rings. The predicted octanol–water partition coefficient (Wildman–Crippen LogP) is 1.10. The predicted molar refractivity (Wildman–Crippen MR) is 92.2 cm³/mol. The van der Waals surface area contributed by atoms with Crippen molar-refractivity contribution in [3.05, 3.63) is 35.4 Å². The van der Waals surface area contributed by atoms with Crippen molar-refractivity contribution in [3.8, 4) is 0 Å². The molecule has 0 spiro atoms. The minimum absolute atomic E-state index is 0.0715. The molecule has 2 atom stereocenters. The van der Waals surface area contributed by atoms with Crippen molar-refractivity contribution in [1.29, 1.82) is 0 Å². The number of β-amino-alcohol motifs (C(OH)–C–C–N with tert-alkyl or cyclic N) is 1. The third kappa shape index (κ3) is 6.34. The Hall–Kier alpha value is -1.57. The van der Waals surface area contributed by atoms with Crippen LogP contribution in [0.1, 0.15) is 32.3 Å². The van der Waals surface area contributed by atoms with Gasteiger partial charge >= 0.3 is 0 Å². The Morgan fingerprint density at radius 3 is 2.44 bits per heavy atom. The lowest BCUT2D eigenvalue weighted by atomic mass is 9.90. The van der Waals surface area contributed by atoms with Crippen molar-refractivity contribution < 1.29 is 18.7 Å². The molecule has 1 saturated heterocycles. The first-order valence-corrected chi connectivity index (χ1v) is 8.63. The fourth-order valence-corrected chi connectivity index (χ4v) is 3.18. The van der Waals surface area contributed by atoms with Crippen LogP contribution in [0.25, 0.3) is 0 Å². The summed E-state index contributed by atoms with van der Waals surface area (Å²) in [6, 6.07) is 2.60. The smallest absolute Gasteiger partial charge is 0.217 e. The van der Waals surface area contributed by atoms with E-state index in [2.05, 4.69) is 22.9 Å². The molecule has 1 heterocycles. The third-order valence-electron chi connectivity index (χ3n) is 4.68. The van der Waals surface area contributed by atoms with E-state index in [0.29, 0.717) is 12.1 Å². The van der Waals surface area contributed by atoms with Crippen LogP contribution < -0.4 is 16.0 Å². The molecule has 0 bridgehead atoms. The summed E-state index contributed by atoms with van der Waals surface area (Å²) in [6.07, 6.45) is 1.16. The highest BCUT2D eigenvalue weighted by molar-refractivity contribution is 5.73. The molecule has 1 fully saturated rings. The van der Waals surface area contributed by atoms with Gasteiger partial charge in [-0.05, 0) is 57.0 Å². The highest BCUT2D eigenvalue weighted by Crippen LogP contribution is 2.17. The summed E-state index contributed by atoms with van der Waals surface area (Å²) in [4.78, 5) is 11.5. The van der Waals surface area contributed by atoms with E-state index in [-0.39, 0.29) is 17.9 Å². The molecule has 140 valence electrons. The van der Waals surface area contributed by atoms with Gasteiger partial charge in [-0.3, -0.25) is 4.79 Å². The second kappa shape index (κ2) is 8.69. The van der Waals surface area contributed by atoms with Crippen LogP contribution in [0.4, 0.5) is 8.78 Å². The maximum atomic E-state index is 13.4. The highest BCUT2D eigenvalue weighted by Gasteiger charge is 2.28. The number of hydrogen-bond acceptors (Lipinski definition) is 4. The maximum absolute atomic E-state index is 13.4. The van der Waals surface area contributed by atoms with E-state index in [4.69, 9.17) is 0 Å². The molecule has 4 N–H and O–H groups in total. The number of rotatable bonds is 7. The lowest BCUT2D eigenvalue weighted by Crippen LogP contribution is -2.55. The van der Waals surface area contributed by atoms with Crippen molar-refractivity contribution in [2.24, 2.45) is 0 Å². The van der Waals surface area contributed by atoms with Crippen LogP contribution in [0.3, 0.4) is 0 Å². The summed E-state index contributed by atoms with van der Waals surface area (Å²) >= 11 is 0. The first kappa shape index (κ1) is 19.8. The van der Waals surface area contributed by atoms with Crippen LogP contribution >= 0.6 is 0 Å². The molecule has 0 unspecified atom stereocenters. The SMILES string of the molecule is CC(=O)N[C@@H](Cc1cc(F)cc(F)c1)[C@H](O)CNC1(C)CCNCC1. The van der Waals surface area contributed by atoms with E-state index < -0.39 is 23.8 Å². The number of aliphatic hydroxyl groups is 1. The second-order valence-corrected chi connectivity index (χ2v) is 7.05. The van der Waals surface area contributed by atoms with E-state index in [1.165, 1.54) is 19.1 Å². The monoisotopic (exact) mass is 355 g/mol. The van der Waals surface area contributed by atoms with E-state index >= 15 is 0 Å². The number of carbonyl (C=O) groups excluding carboxylic acids is 1. The number of nitrogens with one attached hydrogen (secondary N) is 3. The Balaban J connectivity index is 2.01. The molecule has 1 aliphatic heterocycles. The molecule has 0 aromatic heterocycles. The van der Waals surface area contributed by atoms with Gasteiger partial charge in [-0.2, -0.15) is 0 Å². The Morgan fingerprint density at radius 1 is 1.28 bits per heavy atom. The van der Waals surface area contributed by atoms with Crippen LogP contribution in [0.15, 0.2) is 18.2 Å². The molecule has 1 aromatic rings. The standard InChI is InChI=1S/C18H27F2N3O2/c1-12(24)23-16(9-13-7-14(19)10-15(20)8-13)17(25)11-22-18(2)3-5-21-6-4-18/h7-8,10,16-17,21-22,25H,3-6,9,11H2,1-2H3,(H,23,24)/t16-,17+/m0/s1. The Bertz CT molecular complexity index is 571. The molecule has 25 heavy (non-hydrogen) atoms. The average molecular weight is 355 g/mol. The number of hydrogen-bond donors (Lipinski definition) is 4. The molecule has 2 rings (SSSR count).